The van der Waals surface area contributed by atoms with Gasteiger partial charge in [-0.1, -0.05) is 12.1 Å². The summed E-state index contributed by atoms with van der Waals surface area (Å²) in [5, 5.41) is 8.34. The summed E-state index contributed by atoms with van der Waals surface area (Å²) in [5.74, 6) is -0.130. The highest BCUT2D eigenvalue weighted by molar-refractivity contribution is 5.67. The molecule has 0 saturated carbocycles. The predicted octanol–water partition coefficient (Wildman–Crippen LogP) is 1.34. The Morgan fingerprint density at radius 3 is 2.53 bits per heavy atom. The third-order valence-corrected chi connectivity index (χ3v) is 1.92. The average molecular weight is 210 g/mol. The zero-order chi connectivity index (χ0) is 11.1. The van der Waals surface area contributed by atoms with Gasteiger partial charge in [0, 0.05) is 0 Å². The molecule has 15 heavy (non-hydrogen) atoms. The summed E-state index contributed by atoms with van der Waals surface area (Å²) in [4.78, 5) is 10.2. The summed E-state index contributed by atoms with van der Waals surface area (Å²) in [5.41, 5.74) is 1.10. The van der Waals surface area contributed by atoms with Crippen molar-refractivity contribution in [2.24, 2.45) is 0 Å². The number of carboxylic acid groups (broad SMARTS) is 1. The monoisotopic (exact) mass is 210 g/mol. The van der Waals surface area contributed by atoms with E-state index in [2.05, 4.69) is 0 Å². The van der Waals surface area contributed by atoms with Crippen LogP contribution < -0.4 is 4.74 Å². The van der Waals surface area contributed by atoms with Crippen molar-refractivity contribution in [1.29, 1.82) is 0 Å². The smallest absolute Gasteiger partial charge is 0.329 e. The van der Waals surface area contributed by atoms with E-state index in [0.29, 0.717) is 13.0 Å². The summed E-state index contributed by atoms with van der Waals surface area (Å²) in [6.45, 7) is 0.175. The average Bonchev–Trinajstić information content (AvgIpc) is 2.25. The van der Waals surface area contributed by atoms with Gasteiger partial charge in [-0.2, -0.15) is 0 Å². The van der Waals surface area contributed by atoms with Gasteiger partial charge in [0.25, 0.3) is 0 Å². The molecule has 0 atom stereocenters. The molecular formula is C11H14O4. The zero-order valence-corrected chi connectivity index (χ0v) is 8.60. The summed E-state index contributed by atoms with van der Waals surface area (Å²) in [6.07, 6.45) is 0.706. The van der Waals surface area contributed by atoms with Gasteiger partial charge in [0.2, 0.25) is 0 Å². The summed E-state index contributed by atoms with van der Waals surface area (Å²) < 4.78 is 9.94. The molecule has 82 valence electrons. The van der Waals surface area contributed by atoms with E-state index in [9.17, 15) is 4.79 Å². The van der Waals surface area contributed by atoms with Crippen LogP contribution in [0.1, 0.15) is 5.56 Å². The highest BCUT2D eigenvalue weighted by Gasteiger charge is 1.97. The van der Waals surface area contributed by atoms with Crippen molar-refractivity contribution in [2.75, 3.05) is 20.3 Å². The Morgan fingerprint density at radius 1 is 1.33 bits per heavy atom. The molecule has 4 heteroatoms. The normalized spacial score (nSPS) is 9.93. The lowest BCUT2D eigenvalue weighted by molar-refractivity contribution is -0.142. The van der Waals surface area contributed by atoms with E-state index in [-0.39, 0.29) is 6.61 Å². The van der Waals surface area contributed by atoms with Gasteiger partial charge in [0.1, 0.15) is 12.4 Å². The third-order valence-electron chi connectivity index (χ3n) is 1.92. The zero-order valence-electron chi connectivity index (χ0n) is 8.60. The highest BCUT2D eigenvalue weighted by atomic mass is 16.5. The molecule has 0 spiro atoms. The van der Waals surface area contributed by atoms with E-state index in [1.165, 1.54) is 0 Å². The minimum Gasteiger partial charge on any atom is -0.497 e. The Labute approximate surface area is 88.4 Å². The van der Waals surface area contributed by atoms with Crippen LogP contribution in [0.4, 0.5) is 0 Å². The quantitative estimate of drug-likeness (QED) is 0.720. The Morgan fingerprint density at radius 2 is 2.00 bits per heavy atom. The second-order valence-electron chi connectivity index (χ2n) is 3.04. The van der Waals surface area contributed by atoms with Gasteiger partial charge in [0.15, 0.2) is 0 Å². The van der Waals surface area contributed by atoms with E-state index in [1.807, 2.05) is 24.3 Å². The van der Waals surface area contributed by atoms with Crippen molar-refractivity contribution in [2.45, 2.75) is 6.42 Å². The molecule has 0 aliphatic heterocycles. The molecule has 0 saturated heterocycles. The number of carboxylic acids is 1. The first-order chi connectivity index (χ1) is 7.22. The van der Waals surface area contributed by atoms with Crippen LogP contribution in [0, 0.1) is 0 Å². The van der Waals surface area contributed by atoms with Gasteiger partial charge >= 0.3 is 5.97 Å². The summed E-state index contributed by atoms with van der Waals surface area (Å²) in [7, 11) is 1.62. The molecule has 1 aromatic carbocycles. The van der Waals surface area contributed by atoms with Crippen molar-refractivity contribution in [3.8, 4) is 5.75 Å². The van der Waals surface area contributed by atoms with E-state index in [4.69, 9.17) is 14.6 Å². The summed E-state index contributed by atoms with van der Waals surface area (Å²) in [6, 6.07) is 7.60. The van der Waals surface area contributed by atoms with Crippen LogP contribution in [0.2, 0.25) is 0 Å². The number of rotatable bonds is 6. The lowest BCUT2D eigenvalue weighted by Crippen LogP contribution is -2.08. The highest BCUT2D eigenvalue weighted by Crippen LogP contribution is 2.11. The Balaban J connectivity index is 2.28. The fourth-order valence-electron chi connectivity index (χ4n) is 1.14. The van der Waals surface area contributed by atoms with Crippen molar-refractivity contribution in [3.05, 3.63) is 29.8 Å². The van der Waals surface area contributed by atoms with Crippen LogP contribution in [-0.2, 0) is 16.0 Å². The first-order valence-electron chi connectivity index (χ1n) is 4.65. The Hall–Kier alpha value is -1.55. The molecule has 1 N–H and O–H groups in total. The number of aliphatic carboxylic acids is 1. The fourth-order valence-corrected chi connectivity index (χ4v) is 1.14. The van der Waals surface area contributed by atoms with Crippen LogP contribution in [0.25, 0.3) is 0 Å². The SMILES string of the molecule is COc1ccc(CCOCC(=O)O)cc1. The molecule has 4 nitrogen and oxygen atoms in total. The fraction of sp³-hybridized carbons (Fsp3) is 0.364. The maximum atomic E-state index is 10.2. The van der Waals surface area contributed by atoms with E-state index in [1.54, 1.807) is 7.11 Å². The minimum absolute atomic E-state index is 0.240. The van der Waals surface area contributed by atoms with Crippen LogP contribution in [0.15, 0.2) is 24.3 Å². The van der Waals surface area contributed by atoms with E-state index >= 15 is 0 Å². The number of hydrogen-bond acceptors (Lipinski definition) is 3. The number of benzene rings is 1. The topological polar surface area (TPSA) is 55.8 Å². The molecule has 0 fully saturated rings. The molecule has 0 aromatic heterocycles. The summed E-state index contributed by atoms with van der Waals surface area (Å²) >= 11 is 0. The number of hydrogen-bond donors (Lipinski definition) is 1. The largest absolute Gasteiger partial charge is 0.497 e. The number of carbonyl (C=O) groups is 1. The van der Waals surface area contributed by atoms with Crippen molar-refractivity contribution in [3.63, 3.8) is 0 Å². The van der Waals surface area contributed by atoms with Gasteiger partial charge in [-0.25, -0.2) is 4.79 Å². The molecule has 0 bridgehead atoms. The molecule has 1 rings (SSSR count). The van der Waals surface area contributed by atoms with Crippen molar-refractivity contribution < 1.29 is 19.4 Å². The van der Waals surface area contributed by atoms with Gasteiger partial charge in [-0.05, 0) is 24.1 Å². The second kappa shape index (κ2) is 6.03. The molecule has 0 aliphatic rings. The van der Waals surface area contributed by atoms with Gasteiger partial charge in [0.05, 0.1) is 13.7 Å². The second-order valence-corrected chi connectivity index (χ2v) is 3.04. The van der Waals surface area contributed by atoms with E-state index in [0.717, 1.165) is 11.3 Å². The Kier molecular flexibility index (Phi) is 4.63. The van der Waals surface area contributed by atoms with Crippen LogP contribution in [0.5, 0.6) is 5.75 Å². The lowest BCUT2D eigenvalue weighted by atomic mass is 10.1. The maximum absolute atomic E-state index is 10.2. The minimum atomic E-state index is -0.940. The van der Waals surface area contributed by atoms with E-state index < -0.39 is 5.97 Å². The molecular weight excluding hydrogens is 196 g/mol. The number of methoxy groups -OCH3 is 1. The first-order valence-corrected chi connectivity index (χ1v) is 4.65. The van der Waals surface area contributed by atoms with Crippen LogP contribution in [-0.4, -0.2) is 31.4 Å². The Bertz CT molecular complexity index is 305. The lowest BCUT2D eigenvalue weighted by Gasteiger charge is -2.03. The van der Waals surface area contributed by atoms with Crippen LogP contribution in [0.3, 0.4) is 0 Å². The molecule has 0 amide bonds. The molecule has 1 aromatic rings. The van der Waals surface area contributed by atoms with Gasteiger partial charge in [-0.3, -0.25) is 0 Å². The van der Waals surface area contributed by atoms with Gasteiger partial charge in [-0.15, -0.1) is 0 Å². The molecule has 0 aliphatic carbocycles. The van der Waals surface area contributed by atoms with Gasteiger partial charge < -0.3 is 14.6 Å². The number of ether oxygens (including phenoxy) is 2. The molecule has 0 heterocycles. The molecule has 0 radical (unpaired) electrons. The maximum Gasteiger partial charge on any atom is 0.329 e. The third kappa shape index (κ3) is 4.46. The predicted molar refractivity (Wildman–Crippen MR) is 55.2 cm³/mol. The van der Waals surface area contributed by atoms with Crippen molar-refractivity contribution in [1.82, 2.24) is 0 Å². The van der Waals surface area contributed by atoms with Crippen molar-refractivity contribution >= 4 is 5.97 Å². The van der Waals surface area contributed by atoms with Crippen LogP contribution >= 0.6 is 0 Å². The molecule has 0 unspecified atom stereocenters. The standard InChI is InChI=1S/C11H14O4/c1-14-10-4-2-9(3-5-10)6-7-15-8-11(12)13/h2-5H,6-8H2,1H3,(H,12,13). The first kappa shape index (κ1) is 11.5.